The number of rotatable bonds is 3. The Morgan fingerprint density at radius 3 is 2.10 bits per heavy atom. The maximum atomic E-state index is 12.3. The Kier molecular flexibility index (Phi) is 5.19. The van der Waals surface area contributed by atoms with E-state index in [1.165, 1.54) is 0 Å². The molecule has 5 atom stereocenters. The first kappa shape index (κ1) is 17.0. The standard InChI is InChI=1S/C15H27NO4/c1-8-10(3)19-11(4)12(8)13(17)16-9(2)14(18)20-15(5,6)7/h8-12H,1-7H3,(H,16,17)/t8?,9-,10?,11?,12?/m1/s1. The molecule has 1 aliphatic rings. The van der Waals surface area contributed by atoms with Gasteiger partial charge in [0.25, 0.3) is 0 Å². The third-order valence-electron chi connectivity index (χ3n) is 3.66. The van der Waals surface area contributed by atoms with Crippen molar-refractivity contribution in [1.29, 1.82) is 0 Å². The molecule has 1 saturated heterocycles. The van der Waals surface area contributed by atoms with Crippen LogP contribution in [-0.2, 0) is 19.1 Å². The lowest BCUT2D eigenvalue weighted by atomic mass is 9.88. The molecule has 0 aliphatic carbocycles. The topological polar surface area (TPSA) is 64.6 Å². The molecule has 5 nitrogen and oxygen atoms in total. The van der Waals surface area contributed by atoms with Gasteiger partial charge in [0.2, 0.25) is 5.91 Å². The van der Waals surface area contributed by atoms with Crippen molar-refractivity contribution < 1.29 is 19.1 Å². The lowest BCUT2D eigenvalue weighted by molar-refractivity contribution is -0.158. The van der Waals surface area contributed by atoms with Crippen molar-refractivity contribution in [2.75, 3.05) is 0 Å². The number of hydrogen-bond donors (Lipinski definition) is 1. The van der Waals surface area contributed by atoms with E-state index in [0.29, 0.717) is 0 Å². The first-order valence-corrected chi connectivity index (χ1v) is 7.21. The number of nitrogens with one attached hydrogen (secondary N) is 1. The summed E-state index contributed by atoms with van der Waals surface area (Å²) in [5.41, 5.74) is -0.554. The van der Waals surface area contributed by atoms with Crippen molar-refractivity contribution in [2.45, 2.75) is 72.3 Å². The first-order chi connectivity index (χ1) is 9.03. The van der Waals surface area contributed by atoms with Gasteiger partial charge in [0, 0.05) is 0 Å². The van der Waals surface area contributed by atoms with Crippen LogP contribution in [0.15, 0.2) is 0 Å². The average molecular weight is 285 g/mol. The summed E-state index contributed by atoms with van der Waals surface area (Å²) in [5.74, 6) is -0.656. The number of amides is 1. The van der Waals surface area contributed by atoms with Crippen LogP contribution in [0, 0.1) is 11.8 Å². The minimum atomic E-state index is -0.656. The van der Waals surface area contributed by atoms with Crippen molar-refractivity contribution in [3.63, 3.8) is 0 Å². The maximum absolute atomic E-state index is 12.3. The van der Waals surface area contributed by atoms with Crippen molar-refractivity contribution in [1.82, 2.24) is 5.32 Å². The number of carbonyl (C=O) groups is 2. The number of ether oxygens (including phenoxy) is 2. The minimum absolute atomic E-state index is 0.0533. The van der Waals surface area contributed by atoms with E-state index in [-0.39, 0.29) is 30.0 Å². The minimum Gasteiger partial charge on any atom is -0.458 e. The molecule has 20 heavy (non-hydrogen) atoms. The van der Waals surface area contributed by atoms with Crippen molar-refractivity contribution in [3.05, 3.63) is 0 Å². The summed E-state index contributed by atoms with van der Waals surface area (Å²) >= 11 is 0. The van der Waals surface area contributed by atoms with Gasteiger partial charge in [-0.05, 0) is 47.5 Å². The first-order valence-electron chi connectivity index (χ1n) is 7.21. The zero-order chi connectivity index (χ0) is 15.7. The highest BCUT2D eigenvalue weighted by molar-refractivity contribution is 5.86. The molecule has 1 heterocycles. The molecule has 1 amide bonds. The van der Waals surface area contributed by atoms with Crippen LogP contribution < -0.4 is 5.32 Å². The van der Waals surface area contributed by atoms with Gasteiger partial charge in [0.05, 0.1) is 18.1 Å². The molecular weight excluding hydrogens is 258 g/mol. The van der Waals surface area contributed by atoms with Crippen molar-refractivity contribution in [3.8, 4) is 0 Å². The highest BCUT2D eigenvalue weighted by Gasteiger charge is 2.42. The third kappa shape index (κ3) is 4.20. The largest absolute Gasteiger partial charge is 0.458 e. The van der Waals surface area contributed by atoms with Crippen LogP contribution >= 0.6 is 0 Å². The molecule has 5 heteroatoms. The molecule has 0 aromatic rings. The second-order valence-electron chi connectivity index (χ2n) is 6.69. The lowest BCUT2D eigenvalue weighted by Gasteiger charge is -2.24. The van der Waals surface area contributed by atoms with E-state index in [9.17, 15) is 9.59 Å². The Bertz CT molecular complexity index is 375. The molecule has 0 radical (unpaired) electrons. The van der Waals surface area contributed by atoms with Gasteiger partial charge in [-0.15, -0.1) is 0 Å². The molecule has 116 valence electrons. The van der Waals surface area contributed by atoms with Crippen LogP contribution in [0.25, 0.3) is 0 Å². The Hall–Kier alpha value is -1.10. The average Bonchev–Trinajstić information content (AvgIpc) is 2.50. The highest BCUT2D eigenvalue weighted by Crippen LogP contribution is 2.32. The van der Waals surface area contributed by atoms with E-state index in [4.69, 9.17) is 9.47 Å². The van der Waals surface area contributed by atoms with Crippen LogP contribution in [0.5, 0.6) is 0 Å². The van der Waals surface area contributed by atoms with Crippen molar-refractivity contribution >= 4 is 11.9 Å². The summed E-state index contributed by atoms with van der Waals surface area (Å²) in [6.07, 6.45) is -0.0802. The number of esters is 1. The van der Waals surface area contributed by atoms with Crippen LogP contribution in [-0.4, -0.2) is 35.7 Å². The number of hydrogen-bond acceptors (Lipinski definition) is 4. The quantitative estimate of drug-likeness (QED) is 0.804. The monoisotopic (exact) mass is 285 g/mol. The molecule has 1 N–H and O–H groups in total. The maximum Gasteiger partial charge on any atom is 0.328 e. The fourth-order valence-electron chi connectivity index (χ4n) is 2.48. The van der Waals surface area contributed by atoms with E-state index in [2.05, 4.69) is 5.32 Å². The molecule has 4 unspecified atom stereocenters. The second kappa shape index (κ2) is 6.12. The van der Waals surface area contributed by atoms with E-state index in [0.717, 1.165) is 0 Å². The normalized spacial score (nSPS) is 31.8. The molecule has 1 fully saturated rings. The summed E-state index contributed by atoms with van der Waals surface area (Å²) < 4.78 is 10.9. The zero-order valence-corrected chi connectivity index (χ0v) is 13.5. The summed E-state index contributed by atoms with van der Waals surface area (Å²) in [4.78, 5) is 24.2. The van der Waals surface area contributed by atoms with E-state index in [1.54, 1.807) is 27.7 Å². The van der Waals surface area contributed by atoms with E-state index < -0.39 is 17.6 Å². The van der Waals surface area contributed by atoms with Crippen LogP contribution in [0.3, 0.4) is 0 Å². The summed E-state index contributed by atoms with van der Waals surface area (Å²) in [5, 5.41) is 2.73. The summed E-state index contributed by atoms with van der Waals surface area (Å²) in [6, 6.07) is -0.656. The van der Waals surface area contributed by atoms with Gasteiger partial charge in [-0.3, -0.25) is 4.79 Å². The lowest BCUT2D eigenvalue weighted by Crippen LogP contribution is -2.46. The Labute approximate surface area is 121 Å². The fourth-order valence-corrected chi connectivity index (χ4v) is 2.48. The van der Waals surface area contributed by atoms with Crippen LogP contribution in [0.4, 0.5) is 0 Å². The Morgan fingerprint density at radius 2 is 1.70 bits per heavy atom. The van der Waals surface area contributed by atoms with Gasteiger partial charge in [-0.2, -0.15) is 0 Å². The molecule has 1 rings (SSSR count). The molecule has 1 aliphatic heterocycles. The van der Waals surface area contributed by atoms with Crippen LogP contribution in [0.1, 0.15) is 48.5 Å². The summed E-state index contributed by atoms with van der Waals surface area (Å²) in [6.45, 7) is 12.9. The van der Waals surface area contributed by atoms with Gasteiger partial charge in [-0.25, -0.2) is 4.79 Å². The number of carbonyl (C=O) groups excluding carboxylic acids is 2. The van der Waals surface area contributed by atoms with E-state index in [1.807, 2.05) is 20.8 Å². The van der Waals surface area contributed by atoms with Gasteiger partial charge in [-0.1, -0.05) is 6.92 Å². The molecular formula is C15H27NO4. The molecule has 0 bridgehead atoms. The van der Waals surface area contributed by atoms with Crippen LogP contribution in [0.2, 0.25) is 0 Å². The Balaban J connectivity index is 2.60. The Morgan fingerprint density at radius 1 is 1.15 bits per heavy atom. The third-order valence-corrected chi connectivity index (χ3v) is 3.66. The predicted octanol–water partition coefficient (Wildman–Crippen LogP) is 1.89. The van der Waals surface area contributed by atoms with Gasteiger partial charge in [0.15, 0.2) is 0 Å². The fraction of sp³-hybridized carbons (Fsp3) is 0.867. The van der Waals surface area contributed by atoms with Gasteiger partial charge >= 0.3 is 5.97 Å². The molecule has 0 spiro atoms. The molecule has 0 aromatic heterocycles. The van der Waals surface area contributed by atoms with Gasteiger partial charge < -0.3 is 14.8 Å². The predicted molar refractivity (Wildman–Crippen MR) is 76.1 cm³/mol. The second-order valence-corrected chi connectivity index (χ2v) is 6.69. The summed E-state index contributed by atoms with van der Waals surface area (Å²) in [7, 11) is 0. The smallest absolute Gasteiger partial charge is 0.328 e. The zero-order valence-electron chi connectivity index (χ0n) is 13.5. The highest BCUT2D eigenvalue weighted by atomic mass is 16.6. The van der Waals surface area contributed by atoms with Crippen molar-refractivity contribution in [2.24, 2.45) is 11.8 Å². The molecule has 0 saturated carbocycles. The molecule has 0 aromatic carbocycles. The van der Waals surface area contributed by atoms with E-state index >= 15 is 0 Å². The van der Waals surface area contributed by atoms with Gasteiger partial charge in [0.1, 0.15) is 11.6 Å². The SMILES string of the molecule is CC1OC(C)C(C(=O)N[C@H](C)C(=O)OC(C)(C)C)C1C.